The van der Waals surface area contributed by atoms with Gasteiger partial charge in [0.2, 0.25) is 0 Å². The Bertz CT molecular complexity index is 920. The molecule has 4 rings (SSSR count). The number of hydrogen-bond acceptors (Lipinski definition) is 4. The van der Waals surface area contributed by atoms with E-state index in [0.717, 1.165) is 28.3 Å². The van der Waals surface area contributed by atoms with Crippen LogP contribution in [0, 0.1) is 0 Å². The van der Waals surface area contributed by atoms with E-state index in [1.165, 1.54) is 0 Å². The lowest BCUT2D eigenvalue weighted by Crippen LogP contribution is -2.00. The van der Waals surface area contributed by atoms with Gasteiger partial charge in [0.1, 0.15) is 0 Å². The highest BCUT2D eigenvalue weighted by Gasteiger charge is 2.07. The second kappa shape index (κ2) is 4.45. The van der Waals surface area contributed by atoms with Gasteiger partial charge in [-0.25, -0.2) is 14.2 Å². The van der Waals surface area contributed by atoms with Crippen LogP contribution in [0.1, 0.15) is 0 Å². The zero-order valence-electron chi connectivity index (χ0n) is 11.1. The van der Waals surface area contributed by atoms with Crippen molar-refractivity contribution in [1.29, 1.82) is 0 Å². The quantitative estimate of drug-likeness (QED) is 0.569. The maximum atomic E-state index is 6.00. The normalized spacial score (nSPS) is 11.0. The van der Waals surface area contributed by atoms with Crippen molar-refractivity contribution >= 4 is 11.3 Å². The molecule has 0 unspecified atom stereocenters. The number of para-hydroxylation sites is 1. The molecule has 0 atom stereocenters. The summed E-state index contributed by atoms with van der Waals surface area (Å²) < 4.78 is 3.44. The molecule has 0 fully saturated rings. The van der Waals surface area contributed by atoms with Crippen LogP contribution in [0.15, 0.2) is 61.2 Å². The fourth-order valence-corrected chi connectivity index (χ4v) is 2.28. The van der Waals surface area contributed by atoms with Crippen LogP contribution in [0.4, 0.5) is 5.69 Å². The van der Waals surface area contributed by atoms with Crippen LogP contribution in [0.2, 0.25) is 0 Å². The minimum atomic E-state index is 0.733. The van der Waals surface area contributed by atoms with Crippen LogP contribution < -0.4 is 5.73 Å². The molecule has 0 radical (unpaired) electrons. The van der Waals surface area contributed by atoms with Crippen molar-refractivity contribution in [2.24, 2.45) is 0 Å². The predicted molar refractivity (Wildman–Crippen MR) is 80.0 cm³/mol. The number of hydrogen-bond donors (Lipinski definition) is 1. The summed E-state index contributed by atoms with van der Waals surface area (Å²) >= 11 is 0. The van der Waals surface area contributed by atoms with Crippen LogP contribution >= 0.6 is 0 Å². The van der Waals surface area contributed by atoms with Gasteiger partial charge in [0.15, 0.2) is 11.5 Å². The maximum absolute atomic E-state index is 6.00. The molecule has 0 bridgehead atoms. The summed E-state index contributed by atoms with van der Waals surface area (Å²) in [6.45, 7) is 0. The van der Waals surface area contributed by atoms with E-state index in [1.807, 2.05) is 48.8 Å². The number of aromatic nitrogens is 5. The molecular formula is C15H12N6. The molecule has 4 aromatic rings. The van der Waals surface area contributed by atoms with Crippen LogP contribution in [0.3, 0.4) is 0 Å². The summed E-state index contributed by atoms with van der Waals surface area (Å²) in [7, 11) is 0. The molecule has 3 heterocycles. The summed E-state index contributed by atoms with van der Waals surface area (Å²) in [4.78, 5) is 4.50. The molecule has 3 aromatic heterocycles. The number of anilines is 1. The second-order valence-electron chi connectivity index (χ2n) is 4.68. The highest BCUT2D eigenvalue weighted by molar-refractivity contribution is 5.75. The molecule has 0 aliphatic rings. The van der Waals surface area contributed by atoms with Crippen LogP contribution in [0.25, 0.3) is 22.6 Å². The van der Waals surface area contributed by atoms with Crippen molar-refractivity contribution in [1.82, 2.24) is 24.4 Å². The van der Waals surface area contributed by atoms with E-state index < -0.39 is 0 Å². The van der Waals surface area contributed by atoms with Crippen molar-refractivity contribution < 1.29 is 0 Å². The Labute approximate surface area is 120 Å². The van der Waals surface area contributed by atoms with Gasteiger partial charge in [-0.3, -0.25) is 0 Å². The first kappa shape index (κ1) is 11.7. The van der Waals surface area contributed by atoms with E-state index in [9.17, 15) is 0 Å². The van der Waals surface area contributed by atoms with E-state index in [2.05, 4.69) is 15.2 Å². The summed E-state index contributed by atoms with van der Waals surface area (Å²) in [5.41, 5.74) is 9.44. The van der Waals surface area contributed by atoms with Crippen molar-refractivity contribution in [3.05, 3.63) is 61.2 Å². The third-order valence-electron chi connectivity index (χ3n) is 3.33. The predicted octanol–water partition coefficient (Wildman–Crippen LogP) is 2.16. The number of fused-ring (bicyclic) bond motifs is 1. The number of nitrogen functional groups attached to an aromatic ring is 1. The first-order valence-corrected chi connectivity index (χ1v) is 6.51. The van der Waals surface area contributed by atoms with Gasteiger partial charge in [-0.2, -0.15) is 10.2 Å². The van der Waals surface area contributed by atoms with Crippen molar-refractivity contribution in [3.63, 3.8) is 0 Å². The van der Waals surface area contributed by atoms with Gasteiger partial charge in [0, 0.05) is 41.3 Å². The lowest BCUT2D eigenvalue weighted by atomic mass is 10.1. The number of nitrogens with two attached hydrogens (primary N) is 1. The minimum Gasteiger partial charge on any atom is -0.398 e. The molecule has 102 valence electrons. The van der Waals surface area contributed by atoms with Crippen molar-refractivity contribution in [2.75, 3.05) is 5.73 Å². The molecule has 6 nitrogen and oxygen atoms in total. The molecular weight excluding hydrogens is 264 g/mol. The van der Waals surface area contributed by atoms with E-state index >= 15 is 0 Å². The summed E-state index contributed by atoms with van der Waals surface area (Å²) in [6, 6.07) is 11.4. The Morgan fingerprint density at radius 1 is 1.00 bits per heavy atom. The largest absolute Gasteiger partial charge is 0.398 e. The molecule has 0 spiro atoms. The molecule has 0 saturated heterocycles. The van der Waals surface area contributed by atoms with Gasteiger partial charge in [0.25, 0.3) is 0 Å². The Hall–Kier alpha value is -3.15. The van der Waals surface area contributed by atoms with Gasteiger partial charge in [-0.1, -0.05) is 18.2 Å². The van der Waals surface area contributed by atoms with Gasteiger partial charge in [0.05, 0.1) is 12.4 Å². The fraction of sp³-hybridized carbons (Fsp3) is 0. The van der Waals surface area contributed by atoms with Crippen molar-refractivity contribution in [3.8, 4) is 16.9 Å². The zero-order valence-corrected chi connectivity index (χ0v) is 11.1. The topological polar surface area (TPSA) is 74.0 Å². The molecule has 0 aliphatic heterocycles. The number of rotatable bonds is 2. The molecule has 0 saturated carbocycles. The second-order valence-corrected chi connectivity index (χ2v) is 4.68. The summed E-state index contributed by atoms with van der Waals surface area (Å²) in [5.74, 6) is 0.740. The lowest BCUT2D eigenvalue weighted by Gasteiger charge is -2.02. The van der Waals surface area contributed by atoms with Gasteiger partial charge in [-0.05, 0) is 6.07 Å². The Morgan fingerprint density at radius 2 is 1.90 bits per heavy atom. The third-order valence-corrected chi connectivity index (χ3v) is 3.33. The van der Waals surface area contributed by atoms with E-state index in [-0.39, 0.29) is 0 Å². The lowest BCUT2D eigenvalue weighted by molar-refractivity contribution is 0.832. The highest BCUT2D eigenvalue weighted by Crippen LogP contribution is 2.25. The Balaban J connectivity index is 1.78. The minimum absolute atomic E-state index is 0.733. The summed E-state index contributed by atoms with van der Waals surface area (Å²) in [6.07, 6.45) is 7.27. The fourth-order valence-electron chi connectivity index (χ4n) is 2.28. The molecule has 1 aromatic carbocycles. The van der Waals surface area contributed by atoms with E-state index in [4.69, 9.17) is 5.73 Å². The molecule has 2 N–H and O–H groups in total. The number of nitrogens with zero attached hydrogens (tertiary/aromatic N) is 5. The number of benzene rings is 1. The highest BCUT2D eigenvalue weighted by atomic mass is 15.3. The molecule has 0 aliphatic carbocycles. The molecule has 21 heavy (non-hydrogen) atoms. The van der Waals surface area contributed by atoms with Crippen molar-refractivity contribution in [2.45, 2.75) is 0 Å². The third kappa shape index (κ3) is 1.93. The average molecular weight is 276 g/mol. The first-order valence-electron chi connectivity index (χ1n) is 6.51. The molecule has 0 amide bonds. The molecule has 6 heteroatoms. The van der Waals surface area contributed by atoms with E-state index in [1.54, 1.807) is 21.6 Å². The standard InChI is InChI=1S/C15H12N6/c16-13-4-2-1-3-12(13)11-9-18-21(10-11)15-6-8-20-14(19-15)5-7-17-20/h1-10H,16H2. The Morgan fingerprint density at radius 3 is 2.81 bits per heavy atom. The van der Waals surface area contributed by atoms with E-state index in [0.29, 0.717) is 0 Å². The summed E-state index contributed by atoms with van der Waals surface area (Å²) in [5, 5.41) is 8.49. The zero-order chi connectivity index (χ0) is 14.2. The SMILES string of the molecule is Nc1ccccc1-c1cnn(-c2ccn3nccc3n2)c1. The van der Waals surface area contributed by atoms with Gasteiger partial charge >= 0.3 is 0 Å². The first-order chi connectivity index (χ1) is 10.3. The van der Waals surface area contributed by atoms with Crippen LogP contribution in [0.5, 0.6) is 0 Å². The van der Waals surface area contributed by atoms with Crippen LogP contribution in [-0.4, -0.2) is 24.4 Å². The van der Waals surface area contributed by atoms with Gasteiger partial charge < -0.3 is 5.73 Å². The maximum Gasteiger partial charge on any atom is 0.157 e. The van der Waals surface area contributed by atoms with Crippen LogP contribution in [-0.2, 0) is 0 Å². The van der Waals surface area contributed by atoms with Gasteiger partial charge in [-0.15, -0.1) is 0 Å². The monoisotopic (exact) mass is 276 g/mol. The smallest absolute Gasteiger partial charge is 0.157 e. The Kier molecular flexibility index (Phi) is 2.47. The average Bonchev–Trinajstić information content (AvgIpc) is 3.16.